The van der Waals surface area contributed by atoms with Gasteiger partial charge in [-0.3, -0.25) is 4.79 Å². The molecular formula is C17H28N2OS. The van der Waals surface area contributed by atoms with Gasteiger partial charge in [-0.15, -0.1) is 11.3 Å². The normalized spacial score (nSPS) is 19.2. The molecule has 2 heterocycles. The molecule has 118 valence electrons. The predicted molar refractivity (Wildman–Crippen MR) is 89.7 cm³/mol. The summed E-state index contributed by atoms with van der Waals surface area (Å²) in [6.45, 7) is 6.29. The highest BCUT2D eigenvalue weighted by Gasteiger charge is 2.41. The summed E-state index contributed by atoms with van der Waals surface area (Å²) in [4.78, 5) is 16.4. The number of hydrogen-bond donors (Lipinski definition) is 1. The van der Waals surface area contributed by atoms with Gasteiger partial charge in [-0.25, -0.2) is 0 Å². The summed E-state index contributed by atoms with van der Waals surface area (Å²) in [6, 6.07) is 4.51. The largest absolute Gasteiger partial charge is 0.342 e. The Kier molecular flexibility index (Phi) is 5.82. The maximum atomic E-state index is 13.1. The van der Waals surface area contributed by atoms with E-state index in [4.69, 9.17) is 0 Å². The first-order chi connectivity index (χ1) is 10.1. The molecule has 0 spiro atoms. The predicted octanol–water partition coefficient (Wildman–Crippen LogP) is 3.31. The smallest absolute Gasteiger partial charge is 0.228 e. The number of piperidine rings is 1. The zero-order chi connectivity index (χ0) is 15.3. The summed E-state index contributed by atoms with van der Waals surface area (Å²) >= 11 is 1.78. The highest BCUT2D eigenvalue weighted by molar-refractivity contribution is 7.09. The average Bonchev–Trinajstić information content (AvgIpc) is 3.00. The SMILES string of the molecule is CCCC1(C(=O)N(C)C(C)Cc2cccs2)CCNCC1. The Bertz CT molecular complexity index is 432. The number of amides is 1. The first-order valence-electron chi connectivity index (χ1n) is 8.09. The first kappa shape index (κ1) is 16.5. The second-order valence-electron chi connectivity index (χ2n) is 6.33. The van der Waals surface area contributed by atoms with Gasteiger partial charge in [0.1, 0.15) is 0 Å². The minimum Gasteiger partial charge on any atom is -0.342 e. The van der Waals surface area contributed by atoms with Gasteiger partial charge in [0.15, 0.2) is 0 Å². The van der Waals surface area contributed by atoms with Gasteiger partial charge in [0.05, 0.1) is 5.41 Å². The van der Waals surface area contributed by atoms with Gasteiger partial charge in [-0.2, -0.15) is 0 Å². The van der Waals surface area contributed by atoms with Crippen LogP contribution in [0.5, 0.6) is 0 Å². The van der Waals surface area contributed by atoms with Crippen LogP contribution in [0.3, 0.4) is 0 Å². The number of hydrogen-bond acceptors (Lipinski definition) is 3. The molecule has 3 nitrogen and oxygen atoms in total. The van der Waals surface area contributed by atoms with E-state index in [9.17, 15) is 4.79 Å². The van der Waals surface area contributed by atoms with E-state index in [-0.39, 0.29) is 11.5 Å². The van der Waals surface area contributed by atoms with Crippen molar-refractivity contribution in [1.82, 2.24) is 10.2 Å². The van der Waals surface area contributed by atoms with Gasteiger partial charge < -0.3 is 10.2 Å². The number of thiophene rings is 1. The fourth-order valence-electron chi connectivity index (χ4n) is 3.39. The number of likely N-dealkylation sites (N-methyl/N-ethyl adjacent to an activating group) is 1. The molecule has 1 fully saturated rings. The molecule has 0 bridgehead atoms. The molecule has 0 saturated carbocycles. The Morgan fingerprint density at radius 2 is 2.19 bits per heavy atom. The van der Waals surface area contributed by atoms with Crippen LogP contribution in [0.15, 0.2) is 17.5 Å². The highest BCUT2D eigenvalue weighted by atomic mass is 32.1. The summed E-state index contributed by atoms with van der Waals surface area (Å²) in [5.41, 5.74) is -0.127. The second kappa shape index (κ2) is 7.41. The van der Waals surface area contributed by atoms with Gasteiger partial charge in [0, 0.05) is 24.4 Å². The molecule has 4 heteroatoms. The third-order valence-corrected chi connectivity index (χ3v) is 5.70. The van der Waals surface area contributed by atoms with E-state index in [2.05, 4.69) is 36.7 Å². The van der Waals surface area contributed by atoms with Crippen LogP contribution in [0.25, 0.3) is 0 Å². The lowest BCUT2D eigenvalue weighted by Crippen LogP contribution is -2.50. The summed E-state index contributed by atoms with van der Waals surface area (Å²) in [5.74, 6) is 0.356. The maximum Gasteiger partial charge on any atom is 0.228 e. The fourth-order valence-corrected chi connectivity index (χ4v) is 4.21. The Hall–Kier alpha value is -0.870. The van der Waals surface area contributed by atoms with Gasteiger partial charge in [-0.05, 0) is 50.7 Å². The van der Waals surface area contributed by atoms with Crippen molar-refractivity contribution in [3.63, 3.8) is 0 Å². The van der Waals surface area contributed by atoms with Crippen LogP contribution in [0.2, 0.25) is 0 Å². The van der Waals surface area contributed by atoms with Gasteiger partial charge in [-0.1, -0.05) is 19.4 Å². The maximum absolute atomic E-state index is 13.1. The second-order valence-corrected chi connectivity index (χ2v) is 7.36. The molecule has 0 aromatic carbocycles. The number of nitrogens with one attached hydrogen (secondary N) is 1. The Balaban J connectivity index is 2.04. The van der Waals surface area contributed by atoms with Crippen LogP contribution in [0.4, 0.5) is 0 Å². The fraction of sp³-hybridized carbons (Fsp3) is 0.706. The average molecular weight is 308 g/mol. The summed E-state index contributed by atoms with van der Waals surface area (Å²) in [5, 5.41) is 5.49. The lowest BCUT2D eigenvalue weighted by molar-refractivity contribution is -0.145. The Labute approximate surface area is 132 Å². The van der Waals surface area contributed by atoms with Crippen LogP contribution in [0, 0.1) is 5.41 Å². The molecule has 0 radical (unpaired) electrons. The molecule has 1 amide bonds. The highest BCUT2D eigenvalue weighted by Crippen LogP contribution is 2.36. The first-order valence-corrected chi connectivity index (χ1v) is 8.97. The molecule has 0 aliphatic carbocycles. The minimum absolute atomic E-state index is 0.127. The van der Waals surface area contributed by atoms with Gasteiger partial charge in [0.25, 0.3) is 0 Å². The van der Waals surface area contributed by atoms with Crippen molar-refractivity contribution >= 4 is 17.2 Å². The lowest BCUT2D eigenvalue weighted by atomic mass is 9.74. The summed E-state index contributed by atoms with van der Waals surface area (Å²) in [7, 11) is 1.99. The third-order valence-electron chi connectivity index (χ3n) is 4.80. The number of carbonyl (C=O) groups excluding carboxylic acids is 1. The van der Waals surface area contributed by atoms with Crippen molar-refractivity contribution in [3.05, 3.63) is 22.4 Å². The number of nitrogens with zero attached hydrogens (tertiary/aromatic N) is 1. The molecule has 1 N–H and O–H groups in total. The molecule has 21 heavy (non-hydrogen) atoms. The molecule has 1 saturated heterocycles. The van der Waals surface area contributed by atoms with E-state index < -0.39 is 0 Å². The van der Waals surface area contributed by atoms with E-state index in [1.807, 2.05) is 11.9 Å². The van der Waals surface area contributed by atoms with Crippen molar-refractivity contribution in [2.45, 2.75) is 52.0 Å². The molecule has 1 aliphatic heterocycles. The van der Waals surface area contributed by atoms with Crippen molar-refractivity contribution in [3.8, 4) is 0 Å². The van der Waals surface area contributed by atoms with E-state index in [1.165, 1.54) is 4.88 Å². The van der Waals surface area contributed by atoms with Crippen LogP contribution in [-0.4, -0.2) is 37.0 Å². The number of carbonyl (C=O) groups is 1. The zero-order valence-electron chi connectivity index (χ0n) is 13.5. The monoisotopic (exact) mass is 308 g/mol. The zero-order valence-corrected chi connectivity index (χ0v) is 14.3. The van der Waals surface area contributed by atoms with E-state index in [0.717, 1.165) is 45.2 Å². The van der Waals surface area contributed by atoms with E-state index >= 15 is 0 Å². The quantitative estimate of drug-likeness (QED) is 0.874. The number of rotatable bonds is 6. The molecule has 1 aromatic rings. The topological polar surface area (TPSA) is 32.3 Å². The van der Waals surface area contributed by atoms with E-state index in [0.29, 0.717) is 5.91 Å². The van der Waals surface area contributed by atoms with Crippen molar-refractivity contribution < 1.29 is 4.79 Å². The summed E-state index contributed by atoms with van der Waals surface area (Å²) in [6.07, 6.45) is 5.02. The van der Waals surface area contributed by atoms with Gasteiger partial charge >= 0.3 is 0 Å². The van der Waals surface area contributed by atoms with E-state index in [1.54, 1.807) is 11.3 Å². The Morgan fingerprint density at radius 3 is 2.76 bits per heavy atom. The van der Waals surface area contributed by atoms with Crippen molar-refractivity contribution in [2.75, 3.05) is 20.1 Å². The third kappa shape index (κ3) is 3.86. The van der Waals surface area contributed by atoms with Crippen LogP contribution in [0.1, 0.15) is 44.4 Å². The van der Waals surface area contributed by atoms with Crippen LogP contribution >= 0.6 is 11.3 Å². The van der Waals surface area contributed by atoms with Gasteiger partial charge in [0.2, 0.25) is 5.91 Å². The molecular weight excluding hydrogens is 280 g/mol. The van der Waals surface area contributed by atoms with Crippen molar-refractivity contribution in [1.29, 1.82) is 0 Å². The van der Waals surface area contributed by atoms with Crippen molar-refractivity contribution in [2.24, 2.45) is 5.41 Å². The molecule has 2 rings (SSSR count). The molecule has 1 aromatic heterocycles. The standard InChI is InChI=1S/C17H28N2OS/c1-4-7-17(8-10-18-11-9-17)16(20)19(3)14(2)13-15-6-5-12-21-15/h5-6,12,14,18H,4,7-11,13H2,1-3H3. The van der Waals surface area contributed by atoms with Crippen LogP contribution in [-0.2, 0) is 11.2 Å². The minimum atomic E-state index is -0.127. The Morgan fingerprint density at radius 1 is 1.48 bits per heavy atom. The molecule has 1 unspecified atom stereocenters. The van der Waals surface area contributed by atoms with Crippen LogP contribution < -0.4 is 5.32 Å². The molecule has 1 aliphatic rings. The summed E-state index contributed by atoms with van der Waals surface area (Å²) < 4.78 is 0. The lowest BCUT2D eigenvalue weighted by Gasteiger charge is -2.40. The molecule has 1 atom stereocenters.